The van der Waals surface area contributed by atoms with Gasteiger partial charge in [0.1, 0.15) is 16.0 Å². The van der Waals surface area contributed by atoms with Gasteiger partial charge in [-0.1, -0.05) is 46.3 Å². The van der Waals surface area contributed by atoms with E-state index in [4.69, 9.17) is 4.74 Å². The number of aliphatic hydroxyl groups is 1. The first-order chi connectivity index (χ1) is 8.14. The largest absolute Gasteiger partial charge is 0.459 e. The van der Waals surface area contributed by atoms with Crippen LogP contribution in [0.15, 0.2) is 30.3 Å². The number of esters is 1. The maximum atomic E-state index is 12.1. The zero-order valence-electron chi connectivity index (χ0n) is 11.1. The van der Waals surface area contributed by atoms with Crippen molar-refractivity contribution in [1.82, 2.24) is 0 Å². The Bertz CT molecular complexity index is 407. The standard InChI is InChI=1S/C14H19BrO3/c1-13(2,3)18-12(17)14(4,15)11(16)10-8-6-5-7-9-10/h5-9,11,16H,1-4H3/t11-,14+/m1/s1. The Kier molecular flexibility index (Phi) is 4.56. The molecule has 0 aliphatic carbocycles. The molecule has 1 aromatic rings. The molecule has 2 atom stereocenters. The minimum Gasteiger partial charge on any atom is -0.459 e. The van der Waals surface area contributed by atoms with Gasteiger partial charge in [-0.25, -0.2) is 0 Å². The van der Waals surface area contributed by atoms with E-state index in [9.17, 15) is 9.90 Å². The van der Waals surface area contributed by atoms with Crippen LogP contribution in [0.1, 0.15) is 39.4 Å². The number of carbonyl (C=O) groups excluding carboxylic acids is 1. The van der Waals surface area contributed by atoms with Gasteiger partial charge in [-0.05, 0) is 33.3 Å². The Morgan fingerprint density at radius 2 is 1.72 bits per heavy atom. The molecule has 100 valence electrons. The summed E-state index contributed by atoms with van der Waals surface area (Å²) in [5.41, 5.74) is 0.0884. The van der Waals surface area contributed by atoms with Crippen molar-refractivity contribution in [3.8, 4) is 0 Å². The molecule has 18 heavy (non-hydrogen) atoms. The molecular weight excluding hydrogens is 296 g/mol. The maximum absolute atomic E-state index is 12.1. The fourth-order valence-corrected chi connectivity index (χ4v) is 1.78. The summed E-state index contributed by atoms with van der Waals surface area (Å²) in [5, 5.41) is 10.3. The zero-order valence-corrected chi connectivity index (χ0v) is 12.7. The summed E-state index contributed by atoms with van der Waals surface area (Å²) in [6.45, 7) is 6.99. The summed E-state index contributed by atoms with van der Waals surface area (Å²) in [5.74, 6) is -0.480. The SMILES string of the molecule is CC(C)(C)OC(=O)[C@@](C)(Br)[C@H](O)c1ccccc1. The lowest BCUT2D eigenvalue weighted by molar-refractivity contribution is -0.160. The second kappa shape index (κ2) is 5.41. The molecule has 0 radical (unpaired) electrons. The van der Waals surface area contributed by atoms with Crippen LogP contribution in [-0.2, 0) is 9.53 Å². The summed E-state index contributed by atoms with van der Waals surface area (Å²) in [4.78, 5) is 12.1. The molecule has 0 fully saturated rings. The third-order valence-corrected chi connectivity index (χ3v) is 3.18. The molecule has 0 saturated heterocycles. The number of aliphatic hydroxyl groups excluding tert-OH is 1. The molecule has 1 aromatic carbocycles. The Morgan fingerprint density at radius 3 is 2.17 bits per heavy atom. The molecule has 0 spiro atoms. The van der Waals surface area contributed by atoms with Crippen LogP contribution in [0.5, 0.6) is 0 Å². The molecule has 0 saturated carbocycles. The van der Waals surface area contributed by atoms with Crippen LogP contribution in [0.25, 0.3) is 0 Å². The molecule has 0 aliphatic rings. The van der Waals surface area contributed by atoms with Crippen molar-refractivity contribution >= 4 is 21.9 Å². The fraction of sp³-hybridized carbons (Fsp3) is 0.500. The number of benzene rings is 1. The van der Waals surface area contributed by atoms with Crippen molar-refractivity contribution in [3.05, 3.63) is 35.9 Å². The van der Waals surface area contributed by atoms with Gasteiger partial charge in [0, 0.05) is 0 Å². The lowest BCUT2D eigenvalue weighted by Gasteiger charge is -2.30. The minimum atomic E-state index is -1.17. The average molecular weight is 315 g/mol. The number of rotatable bonds is 3. The number of carbonyl (C=O) groups is 1. The van der Waals surface area contributed by atoms with E-state index < -0.39 is 22.0 Å². The Morgan fingerprint density at radius 1 is 1.22 bits per heavy atom. The predicted octanol–water partition coefficient (Wildman–Crippen LogP) is 3.22. The molecule has 4 heteroatoms. The number of ether oxygens (including phenoxy) is 1. The van der Waals surface area contributed by atoms with Gasteiger partial charge < -0.3 is 9.84 Å². The quantitative estimate of drug-likeness (QED) is 0.688. The van der Waals surface area contributed by atoms with Crippen LogP contribution >= 0.6 is 15.9 Å². The van der Waals surface area contributed by atoms with E-state index in [1.807, 2.05) is 18.2 Å². The van der Waals surface area contributed by atoms with Crippen molar-refractivity contribution in [2.75, 3.05) is 0 Å². The molecule has 0 aliphatic heterocycles. The van der Waals surface area contributed by atoms with E-state index in [0.29, 0.717) is 5.56 Å². The van der Waals surface area contributed by atoms with E-state index in [-0.39, 0.29) is 0 Å². The number of halogens is 1. The molecule has 1 rings (SSSR count). The number of hydrogen-bond acceptors (Lipinski definition) is 3. The van der Waals surface area contributed by atoms with Crippen molar-refractivity contribution < 1.29 is 14.6 Å². The van der Waals surface area contributed by atoms with Crippen LogP contribution in [0.4, 0.5) is 0 Å². The summed E-state index contributed by atoms with van der Waals surface area (Å²) >= 11 is 3.28. The topological polar surface area (TPSA) is 46.5 Å². The average Bonchev–Trinajstić information content (AvgIpc) is 2.27. The van der Waals surface area contributed by atoms with Crippen LogP contribution < -0.4 is 0 Å². The number of alkyl halides is 1. The van der Waals surface area contributed by atoms with E-state index in [0.717, 1.165) is 0 Å². The molecule has 0 aromatic heterocycles. The Hall–Kier alpha value is -0.870. The highest BCUT2D eigenvalue weighted by atomic mass is 79.9. The van der Waals surface area contributed by atoms with Crippen LogP contribution in [0.2, 0.25) is 0 Å². The first-order valence-electron chi connectivity index (χ1n) is 5.80. The van der Waals surface area contributed by atoms with Gasteiger partial charge >= 0.3 is 5.97 Å². The van der Waals surface area contributed by atoms with Crippen molar-refractivity contribution in [2.45, 2.75) is 43.7 Å². The first kappa shape index (κ1) is 15.2. The Balaban J connectivity index is 2.89. The lowest BCUT2D eigenvalue weighted by atomic mass is 9.97. The van der Waals surface area contributed by atoms with E-state index in [1.165, 1.54) is 0 Å². The molecule has 0 heterocycles. The summed E-state index contributed by atoms with van der Waals surface area (Å²) in [6, 6.07) is 9.03. The Labute approximate surface area is 116 Å². The highest BCUT2D eigenvalue weighted by molar-refractivity contribution is 9.10. The lowest BCUT2D eigenvalue weighted by Crippen LogP contribution is -2.41. The van der Waals surface area contributed by atoms with Crippen LogP contribution in [-0.4, -0.2) is 21.0 Å². The van der Waals surface area contributed by atoms with Gasteiger partial charge in [-0.3, -0.25) is 4.79 Å². The van der Waals surface area contributed by atoms with E-state index in [2.05, 4.69) is 15.9 Å². The van der Waals surface area contributed by atoms with Gasteiger partial charge in [0.2, 0.25) is 0 Å². The minimum absolute atomic E-state index is 0.480. The molecule has 0 unspecified atom stereocenters. The van der Waals surface area contributed by atoms with Gasteiger partial charge in [-0.15, -0.1) is 0 Å². The van der Waals surface area contributed by atoms with Crippen molar-refractivity contribution in [3.63, 3.8) is 0 Å². The third-order valence-electron chi connectivity index (χ3n) is 2.43. The molecule has 1 N–H and O–H groups in total. The normalized spacial score (nSPS) is 16.8. The smallest absolute Gasteiger partial charge is 0.326 e. The van der Waals surface area contributed by atoms with E-state index in [1.54, 1.807) is 39.8 Å². The zero-order chi connectivity index (χ0) is 14.0. The second-order valence-electron chi connectivity index (χ2n) is 5.39. The highest BCUT2D eigenvalue weighted by Crippen LogP contribution is 2.35. The van der Waals surface area contributed by atoms with Crippen LogP contribution in [0, 0.1) is 0 Å². The monoisotopic (exact) mass is 314 g/mol. The summed E-state index contributed by atoms with van der Waals surface area (Å²) in [6.07, 6.45) is -0.964. The molecule has 3 nitrogen and oxygen atoms in total. The van der Waals surface area contributed by atoms with Crippen molar-refractivity contribution in [1.29, 1.82) is 0 Å². The first-order valence-corrected chi connectivity index (χ1v) is 6.59. The van der Waals surface area contributed by atoms with Crippen molar-refractivity contribution in [2.24, 2.45) is 0 Å². The molecule has 0 bridgehead atoms. The van der Waals surface area contributed by atoms with Gasteiger partial charge in [0.05, 0.1) is 0 Å². The number of hydrogen-bond donors (Lipinski definition) is 1. The van der Waals surface area contributed by atoms with Gasteiger partial charge in [0.25, 0.3) is 0 Å². The van der Waals surface area contributed by atoms with Gasteiger partial charge in [0.15, 0.2) is 0 Å². The highest BCUT2D eigenvalue weighted by Gasteiger charge is 2.42. The van der Waals surface area contributed by atoms with E-state index >= 15 is 0 Å². The van der Waals surface area contributed by atoms with Crippen LogP contribution in [0.3, 0.4) is 0 Å². The molecular formula is C14H19BrO3. The second-order valence-corrected chi connectivity index (χ2v) is 7.04. The summed E-state index contributed by atoms with van der Waals surface area (Å²) < 4.78 is 4.13. The predicted molar refractivity (Wildman–Crippen MR) is 74.6 cm³/mol. The molecule has 0 amide bonds. The van der Waals surface area contributed by atoms with Gasteiger partial charge in [-0.2, -0.15) is 0 Å². The maximum Gasteiger partial charge on any atom is 0.326 e. The third kappa shape index (κ3) is 3.82. The fourth-order valence-electron chi connectivity index (χ4n) is 1.44. The summed E-state index contributed by atoms with van der Waals surface area (Å²) in [7, 11) is 0.